The number of amides is 1. The first-order chi connectivity index (χ1) is 31.0. The Morgan fingerprint density at radius 1 is 0.444 bits per heavy atom. The first-order valence-corrected chi connectivity index (χ1v) is 27.7. The Labute approximate surface area is 392 Å². The van der Waals surface area contributed by atoms with E-state index >= 15 is 0 Å². The van der Waals surface area contributed by atoms with Gasteiger partial charge in [0, 0.05) is 12.8 Å². The van der Waals surface area contributed by atoms with Crippen LogP contribution in [0.25, 0.3) is 0 Å². The molecule has 0 aromatic carbocycles. The molecule has 3 N–H and O–H groups in total. The van der Waals surface area contributed by atoms with E-state index < -0.39 is 12.1 Å². The zero-order valence-electron chi connectivity index (χ0n) is 42.1. The van der Waals surface area contributed by atoms with E-state index in [1.165, 1.54) is 173 Å². The molecule has 0 rings (SSSR count). The van der Waals surface area contributed by atoms with E-state index in [9.17, 15) is 19.8 Å². The van der Waals surface area contributed by atoms with Crippen LogP contribution in [0, 0.1) is 0 Å². The summed E-state index contributed by atoms with van der Waals surface area (Å²) >= 11 is 0. The molecule has 0 saturated carbocycles. The summed E-state index contributed by atoms with van der Waals surface area (Å²) in [6.07, 6.45) is 64.1. The van der Waals surface area contributed by atoms with E-state index in [0.717, 1.165) is 83.5 Å². The lowest BCUT2D eigenvalue weighted by molar-refractivity contribution is -0.143. The van der Waals surface area contributed by atoms with Crippen LogP contribution in [0.1, 0.15) is 290 Å². The summed E-state index contributed by atoms with van der Waals surface area (Å²) in [5.41, 5.74) is 0. The van der Waals surface area contributed by atoms with Crippen molar-refractivity contribution < 1.29 is 24.5 Å². The molecule has 0 bridgehead atoms. The van der Waals surface area contributed by atoms with Gasteiger partial charge in [-0.05, 0) is 77.0 Å². The second-order valence-electron chi connectivity index (χ2n) is 18.9. The highest BCUT2D eigenvalue weighted by atomic mass is 16.5. The molecular weight excluding hydrogens is 779 g/mol. The highest BCUT2D eigenvalue weighted by Crippen LogP contribution is 2.17. The van der Waals surface area contributed by atoms with Crippen molar-refractivity contribution in [1.29, 1.82) is 0 Å². The smallest absolute Gasteiger partial charge is 0.305 e. The van der Waals surface area contributed by atoms with E-state index in [2.05, 4.69) is 55.6 Å². The van der Waals surface area contributed by atoms with Crippen molar-refractivity contribution in [2.45, 2.75) is 302 Å². The van der Waals surface area contributed by atoms with Gasteiger partial charge in [-0.2, -0.15) is 0 Å². The van der Waals surface area contributed by atoms with Crippen LogP contribution >= 0.6 is 0 Å². The number of unbranched alkanes of at least 4 members (excludes halogenated alkanes) is 34. The van der Waals surface area contributed by atoms with Gasteiger partial charge >= 0.3 is 5.97 Å². The van der Waals surface area contributed by atoms with Crippen LogP contribution in [0.2, 0.25) is 0 Å². The Hall–Kier alpha value is -1.92. The summed E-state index contributed by atoms with van der Waals surface area (Å²) in [6.45, 7) is 4.87. The minimum absolute atomic E-state index is 0.0271. The van der Waals surface area contributed by atoms with Gasteiger partial charge in [0.1, 0.15) is 0 Å². The van der Waals surface area contributed by atoms with Crippen LogP contribution in [0.5, 0.6) is 0 Å². The molecule has 0 fully saturated rings. The largest absolute Gasteiger partial charge is 0.466 e. The van der Waals surface area contributed by atoms with E-state index in [1.807, 2.05) is 0 Å². The number of nitrogens with one attached hydrogen (secondary N) is 1. The minimum atomic E-state index is -0.683. The number of hydrogen-bond acceptors (Lipinski definition) is 5. The van der Waals surface area contributed by atoms with Crippen molar-refractivity contribution in [2.24, 2.45) is 0 Å². The van der Waals surface area contributed by atoms with Crippen LogP contribution in [-0.2, 0) is 14.3 Å². The van der Waals surface area contributed by atoms with E-state index in [1.54, 1.807) is 0 Å². The maximum absolute atomic E-state index is 12.5. The van der Waals surface area contributed by atoms with Crippen LogP contribution in [0.3, 0.4) is 0 Å². The zero-order chi connectivity index (χ0) is 45.8. The normalized spacial score (nSPS) is 12.9. The number of aliphatic hydroxyl groups is 2. The fraction of sp³-hybridized carbons (Fsp3) is 0.860. The molecule has 1 amide bonds. The van der Waals surface area contributed by atoms with Gasteiger partial charge in [0.15, 0.2) is 0 Å². The van der Waals surface area contributed by atoms with E-state index in [0.29, 0.717) is 25.9 Å². The summed E-state index contributed by atoms with van der Waals surface area (Å²) in [6, 6.07) is -0.563. The summed E-state index contributed by atoms with van der Waals surface area (Å²) in [7, 11) is 0. The summed E-state index contributed by atoms with van der Waals surface area (Å²) in [5, 5.41) is 23.3. The van der Waals surface area contributed by atoms with Gasteiger partial charge in [-0.25, -0.2) is 0 Å². The fourth-order valence-corrected chi connectivity index (χ4v) is 8.36. The standard InChI is InChI=1S/C57H107NO5/c1-3-5-7-9-11-13-15-17-19-20-21-22-23-25-29-33-37-41-45-49-55(60)54(53-59)58-56(61)50-46-42-38-34-30-26-24-28-32-36-40-44-48-52-63-57(62)51-47-43-39-35-31-27-18-16-14-12-10-8-6-4-2/h10,12,16,18,26,30,54-55,59-60H,3-9,11,13-15,17,19-25,27-29,31-53H2,1-2H3,(H,58,61)/b12-10-,18-16-,30-26-. The van der Waals surface area contributed by atoms with Crippen molar-refractivity contribution in [3.63, 3.8) is 0 Å². The van der Waals surface area contributed by atoms with Gasteiger partial charge < -0.3 is 20.3 Å². The number of hydrogen-bond donors (Lipinski definition) is 3. The Bertz CT molecular complexity index is 1020. The second kappa shape index (κ2) is 52.7. The molecular formula is C57H107NO5. The summed E-state index contributed by atoms with van der Waals surface area (Å²) < 4.78 is 5.45. The molecule has 0 aliphatic rings. The SMILES string of the molecule is CCCC/C=C\C/C=C\CCCCCCCC(=O)OCCCCCCCC/C=C\CCCCCC(=O)NC(CO)C(O)CCCCCCCCCCCCCCCCCCCCC. The maximum atomic E-state index is 12.5. The number of aliphatic hydroxyl groups excluding tert-OH is 2. The molecule has 2 unspecified atom stereocenters. The van der Waals surface area contributed by atoms with E-state index in [4.69, 9.17) is 4.74 Å². The number of allylic oxidation sites excluding steroid dienone is 6. The second-order valence-corrected chi connectivity index (χ2v) is 18.9. The van der Waals surface area contributed by atoms with Crippen molar-refractivity contribution in [3.8, 4) is 0 Å². The van der Waals surface area contributed by atoms with Crippen molar-refractivity contribution in [3.05, 3.63) is 36.5 Å². The number of ether oxygens (including phenoxy) is 1. The third-order valence-electron chi connectivity index (χ3n) is 12.7. The molecule has 2 atom stereocenters. The molecule has 0 aromatic rings. The molecule has 0 aliphatic heterocycles. The van der Waals surface area contributed by atoms with Gasteiger partial charge in [0.2, 0.25) is 5.91 Å². The number of rotatable bonds is 51. The monoisotopic (exact) mass is 886 g/mol. The highest BCUT2D eigenvalue weighted by molar-refractivity contribution is 5.76. The minimum Gasteiger partial charge on any atom is -0.466 e. The molecule has 0 spiro atoms. The molecule has 0 heterocycles. The fourth-order valence-electron chi connectivity index (χ4n) is 8.36. The van der Waals surface area contributed by atoms with Crippen molar-refractivity contribution in [2.75, 3.05) is 13.2 Å². The third-order valence-corrected chi connectivity index (χ3v) is 12.7. The molecule has 6 nitrogen and oxygen atoms in total. The predicted octanol–water partition coefficient (Wildman–Crippen LogP) is 16.9. The average molecular weight is 886 g/mol. The molecule has 0 aliphatic carbocycles. The lowest BCUT2D eigenvalue weighted by Crippen LogP contribution is -2.45. The maximum Gasteiger partial charge on any atom is 0.305 e. The van der Waals surface area contributed by atoms with Gasteiger partial charge in [-0.15, -0.1) is 0 Å². The van der Waals surface area contributed by atoms with Crippen LogP contribution < -0.4 is 5.32 Å². The van der Waals surface area contributed by atoms with Gasteiger partial charge in [0.05, 0.1) is 25.4 Å². The van der Waals surface area contributed by atoms with Crippen molar-refractivity contribution in [1.82, 2.24) is 5.32 Å². The Balaban J connectivity index is 3.51. The van der Waals surface area contributed by atoms with Crippen LogP contribution in [0.4, 0.5) is 0 Å². The quantitative estimate of drug-likeness (QED) is 0.0321. The molecule has 6 heteroatoms. The van der Waals surface area contributed by atoms with Crippen LogP contribution in [0.15, 0.2) is 36.5 Å². The van der Waals surface area contributed by atoms with E-state index in [-0.39, 0.29) is 18.5 Å². The number of carbonyl (C=O) groups is 2. The molecule has 370 valence electrons. The first-order valence-electron chi connectivity index (χ1n) is 27.7. The van der Waals surface area contributed by atoms with Gasteiger partial charge in [-0.1, -0.05) is 237 Å². The average Bonchev–Trinajstić information content (AvgIpc) is 3.28. The Kier molecular flexibility index (Phi) is 51.1. The number of carbonyl (C=O) groups excluding carboxylic acids is 2. The lowest BCUT2D eigenvalue weighted by atomic mass is 10.0. The van der Waals surface area contributed by atoms with Crippen molar-refractivity contribution >= 4 is 11.9 Å². The first kappa shape index (κ1) is 61.1. The Morgan fingerprint density at radius 3 is 1.29 bits per heavy atom. The predicted molar refractivity (Wildman–Crippen MR) is 273 cm³/mol. The zero-order valence-corrected chi connectivity index (χ0v) is 42.1. The highest BCUT2D eigenvalue weighted by Gasteiger charge is 2.20. The van der Waals surface area contributed by atoms with Gasteiger partial charge in [-0.3, -0.25) is 9.59 Å². The Morgan fingerprint density at radius 2 is 0.810 bits per heavy atom. The van der Waals surface area contributed by atoms with Crippen LogP contribution in [-0.4, -0.2) is 47.4 Å². The molecule has 0 saturated heterocycles. The number of esters is 1. The molecule has 0 radical (unpaired) electrons. The molecule has 63 heavy (non-hydrogen) atoms. The van der Waals surface area contributed by atoms with Gasteiger partial charge in [0.25, 0.3) is 0 Å². The lowest BCUT2D eigenvalue weighted by Gasteiger charge is -2.22. The topological polar surface area (TPSA) is 95.9 Å². The summed E-state index contributed by atoms with van der Waals surface area (Å²) in [5.74, 6) is -0.0915. The summed E-state index contributed by atoms with van der Waals surface area (Å²) in [4.78, 5) is 24.5. The third kappa shape index (κ3) is 49.4. The molecule has 0 aromatic heterocycles.